The number of carbonyl (C=O) groups is 3. The molecule has 1 atom stereocenters. The van der Waals surface area contributed by atoms with E-state index >= 15 is 0 Å². The van der Waals surface area contributed by atoms with Gasteiger partial charge in [-0.1, -0.05) is 214 Å². The molecule has 308 valence electrons. The third kappa shape index (κ3) is 39.6. The fourth-order valence-corrected chi connectivity index (χ4v) is 6.80. The number of ether oxygens (including phenoxy) is 3. The van der Waals surface area contributed by atoms with Crippen molar-refractivity contribution in [1.82, 2.24) is 0 Å². The molecule has 0 aromatic carbocycles. The summed E-state index contributed by atoms with van der Waals surface area (Å²) in [6.45, 7) is 8.96. The number of unbranched alkanes of at least 4 members (excludes halogenated alkanes) is 28. The SMILES string of the molecule is CCCCCCCCCCCCCCC(=O)OC[C@H](COC(=O)CCCCCCCCCCCCC(C)C)OC(=O)CCCCCCCCCCC. The van der Waals surface area contributed by atoms with E-state index in [1.165, 1.54) is 148 Å². The van der Waals surface area contributed by atoms with E-state index in [1.54, 1.807) is 0 Å². The van der Waals surface area contributed by atoms with Crippen LogP contribution >= 0.6 is 0 Å². The van der Waals surface area contributed by atoms with Crippen LogP contribution in [0.1, 0.15) is 252 Å². The summed E-state index contributed by atoms with van der Waals surface area (Å²) in [5.74, 6) is -0.0379. The lowest BCUT2D eigenvalue weighted by molar-refractivity contribution is -0.167. The first kappa shape index (κ1) is 50.4. The van der Waals surface area contributed by atoms with Crippen LogP contribution in [0.5, 0.6) is 0 Å². The number of hydrogen-bond donors (Lipinski definition) is 0. The Kier molecular flexibility index (Phi) is 39.4. The van der Waals surface area contributed by atoms with Gasteiger partial charge in [0.25, 0.3) is 0 Å². The monoisotopic (exact) mass is 737 g/mol. The number of esters is 3. The zero-order chi connectivity index (χ0) is 38.2. The van der Waals surface area contributed by atoms with Crippen molar-refractivity contribution in [1.29, 1.82) is 0 Å². The van der Waals surface area contributed by atoms with Gasteiger partial charge in [0, 0.05) is 19.3 Å². The average molecular weight is 737 g/mol. The minimum atomic E-state index is -0.758. The smallest absolute Gasteiger partial charge is 0.306 e. The molecule has 0 aliphatic heterocycles. The Labute approximate surface area is 323 Å². The first-order valence-electron chi connectivity index (χ1n) is 22.9. The van der Waals surface area contributed by atoms with Crippen LogP contribution in [-0.2, 0) is 28.6 Å². The summed E-state index contributed by atoms with van der Waals surface area (Å²) in [4.78, 5) is 37.6. The van der Waals surface area contributed by atoms with Crippen LogP contribution in [0.2, 0.25) is 0 Å². The zero-order valence-electron chi connectivity index (χ0n) is 35.3. The predicted octanol–water partition coefficient (Wildman–Crippen LogP) is 14.3. The summed E-state index contributed by atoms with van der Waals surface area (Å²) in [5, 5.41) is 0. The van der Waals surface area contributed by atoms with Gasteiger partial charge in [0.05, 0.1) is 0 Å². The largest absolute Gasteiger partial charge is 0.462 e. The van der Waals surface area contributed by atoms with Crippen LogP contribution in [-0.4, -0.2) is 37.2 Å². The first-order chi connectivity index (χ1) is 25.4. The van der Waals surface area contributed by atoms with Gasteiger partial charge in [0.1, 0.15) is 13.2 Å². The summed E-state index contributed by atoms with van der Waals surface area (Å²) in [7, 11) is 0. The van der Waals surface area contributed by atoms with E-state index in [2.05, 4.69) is 27.7 Å². The quantitative estimate of drug-likeness (QED) is 0.0353. The van der Waals surface area contributed by atoms with Gasteiger partial charge in [-0.2, -0.15) is 0 Å². The minimum absolute atomic E-state index is 0.0639. The Morgan fingerprint density at radius 3 is 0.942 bits per heavy atom. The maximum atomic E-state index is 12.7. The molecular formula is C46H88O6. The highest BCUT2D eigenvalue weighted by Gasteiger charge is 2.19. The molecule has 6 nitrogen and oxygen atoms in total. The molecule has 0 fully saturated rings. The molecule has 0 aliphatic carbocycles. The van der Waals surface area contributed by atoms with Crippen LogP contribution in [0, 0.1) is 5.92 Å². The van der Waals surface area contributed by atoms with E-state index in [0.717, 1.165) is 63.7 Å². The van der Waals surface area contributed by atoms with Crippen molar-refractivity contribution < 1.29 is 28.6 Å². The van der Waals surface area contributed by atoms with E-state index in [1.807, 2.05) is 0 Å². The lowest BCUT2D eigenvalue weighted by atomic mass is 10.0. The third-order valence-corrected chi connectivity index (χ3v) is 10.3. The van der Waals surface area contributed by atoms with E-state index in [4.69, 9.17) is 14.2 Å². The fourth-order valence-electron chi connectivity index (χ4n) is 6.80. The van der Waals surface area contributed by atoms with Gasteiger partial charge in [-0.25, -0.2) is 0 Å². The molecule has 0 rings (SSSR count). The molecule has 0 N–H and O–H groups in total. The maximum Gasteiger partial charge on any atom is 0.306 e. The summed E-state index contributed by atoms with van der Waals surface area (Å²) < 4.78 is 16.7. The van der Waals surface area contributed by atoms with Crippen LogP contribution < -0.4 is 0 Å². The summed E-state index contributed by atoms with van der Waals surface area (Å²) in [5.41, 5.74) is 0. The normalized spacial score (nSPS) is 11.9. The van der Waals surface area contributed by atoms with E-state index < -0.39 is 6.10 Å². The van der Waals surface area contributed by atoms with Crippen molar-refractivity contribution in [3.63, 3.8) is 0 Å². The highest BCUT2D eigenvalue weighted by molar-refractivity contribution is 5.71. The Bertz CT molecular complexity index is 781. The average Bonchev–Trinajstić information content (AvgIpc) is 3.12. The zero-order valence-corrected chi connectivity index (χ0v) is 35.3. The molecule has 0 saturated heterocycles. The molecule has 0 aromatic rings. The van der Waals surface area contributed by atoms with Crippen LogP contribution in [0.25, 0.3) is 0 Å². The molecule has 52 heavy (non-hydrogen) atoms. The summed E-state index contributed by atoms with van der Waals surface area (Å²) in [6.07, 6.45) is 39.4. The van der Waals surface area contributed by atoms with Crippen molar-refractivity contribution in [2.45, 2.75) is 259 Å². The molecule has 0 aliphatic rings. The van der Waals surface area contributed by atoms with Crippen LogP contribution in [0.15, 0.2) is 0 Å². The molecule has 0 radical (unpaired) electrons. The molecule has 6 heteroatoms. The Morgan fingerprint density at radius 2 is 0.635 bits per heavy atom. The maximum absolute atomic E-state index is 12.7. The van der Waals surface area contributed by atoms with Crippen molar-refractivity contribution in [3.05, 3.63) is 0 Å². The van der Waals surface area contributed by atoms with Gasteiger partial charge in [0.2, 0.25) is 0 Å². The fraction of sp³-hybridized carbons (Fsp3) is 0.935. The van der Waals surface area contributed by atoms with Gasteiger partial charge in [-0.3, -0.25) is 14.4 Å². The molecule has 0 spiro atoms. The van der Waals surface area contributed by atoms with E-state index in [9.17, 15) is 14.4 Å². The number of hydrogen-bond acceptors (Lipinski definition) is 6. The van der Waals surface area contributed by atoms with Gasteiger partial charge in [-0.15, -0.1) is 0 Å². The summed E-state index contributed by atoms with van der Waals surface area (Å²) in [6, 6.07) is 0. The van der Waals surface area contributed by atoms with E-state index in [0.29, 0.717) is 19.3 Å². The minimum Gasteiger partial charge on any atom is -0.462 e. The van der Waals surface area contributed by atoms with Gasteiger partial charge < -0.3 is 14.2 Å². The number of rotatable bonds is 41. The standard InChI is InChI=1S/C46H88O6/c1-5-7-9-11-13-15-16-17-22-25-29-33-37-44(47)50-40-43(52-46(49)39-35-31-27-20-14-12-10-8-6-2)41-51-45(48)38-34-30-26-23-19-18-21-24-28-32-36-42(3)4/h42-43H,5-41H2,1-4H3/t43-/m1/s1. The lowest BCUT2D eigenvalue weighted by Gasteiger charge is -2.18. The third-order valence-electron chi connectivity index (χ3n) is 10.3. The molecule has 0 heterocycles. The Morgan fingerprint density at radius 1 is 0.365 bits per heavy atom. The van der Waals surface area contributed by atoms with E-state index in [-0.39, 0.29) is 31.1 Å². The van der Waals surface area contributed by atoms with Crippen molar-refractivity contribution >= 4 is 17.9 Å². The van der Waals surface area contributed by atoms with Gasteiger partial charge >= 0.3 is 17.9 Å². The van der Waals surface area contributed by atoms with Crippen molar-refractivity contribution in [3.8, 4) is 0 Å². The molecule has 0 unspecified atom stereocenters. The highest BCUT2D eigenvalue weighted by atomic mass is 16.6. The number of carbonyl (C=O) groups excluding carboxylic acids is 3. The van der Waals surface area contributed by atoms with Crippen LogP contribution in [0.4, 0.5) is 0 Å². The second-order valence-electron chi connectivity index (χ2n) is 16.2. The van der Waals surface area contributed by atoms with Gasteiger partial charge in [0.15, 0.2) is 6.10 Å². The van der Waals surface area contributed by atoms with Crippen LogP contribution in [0.3, 0.4) is 0 Å². The molecule has 0 amide bonds. The molecule has 0 saturated carbocycles. The van der Waals surface area contributed by atoms with Crippen molar-refractivity contribution in [2.24, 2.45) is 5.92 Å². The Hall–Kier alpha value is -1.59. The highest BCUT2D eigenvalue weighted by Crippen LogP contribution is 2.16. The molecular weight excluding hydrogens is 648 g/mol. The topological polar surface area (TPSA) is 78.9 Å². The lowest BCUT2D eigenvalue weighted by Crippen LogP contribution is -2.30. The Balaban J connectivity index is 4.30. The van der Waals surface area contributed by atoms with Gasteiger partial charge in [-0.05, 0) is 25.2 Å². The summed E-state index contributed by atoms with van der Waals surface area (Å²) >= 11 is 0. The molecule has 0 aromatic heterocycles. The molecule has 0 bridgehead atoms. The second-order valence-corrected chi connectivity index (χ2v) is 16.2. The second kappa shape index (κ2) is 40.6. The predicted molar refractivity (Wildman–Crippen MR) is 220 cm³/mol. The first-order valence-corrected chi connectivity index (χ1v) is 22.9. The van der Waals surface area contributed by atoms with Crippen molar-refractivity contribution in [2.75, 3.05) is 13.2 Å².